The molecule has 2 heterocycles. The van der Waals surface area contributed by atoms with Crippen molar-refractivity contribution in [2.75, 3.05) is 11.5 Å². The van der Waals surface area contributed by atoms with Gasteiger partial charge in [0.15, 0.2) is 15.7 Å². The van der Waals surface area contributed by atoms with Crippen LogP contribution < -0.4 is 0 Å². The molecule has 1 aliphatic rings. The highest BCUT2D eigenvalue weighted by atomic mass is 32.2. The molecule has 0 saturated carbocycles. The van der Waals surface area contributed by atoms with Crippen LogP contribution in [-0.4, -0.2) is 51.2 Å². The minimum absolute atomic E-state index is 0.0365. The molecular formula is C9H14N4O4S. The van der Waals surface area contributed by atoms with Crippen LogP contribution >= 0.6 is 0 Å². The van der Waals surface area contributed by atoms with Crippen molar-refractivity contribution in [3.8, 4) is 0 Å². The molecule has 18 heavy (non-hydrogen) atoms. The first-order chi connectivity index (χ1) is 8.39. The predicted molar refractivity (Wildman–Crippen MR) is 60.6 cm³/mol. The SMILES string of the molecule is CC(Cn1nnnc1C1CCS(=O)(=O)C1)C(=O)O. The van der Waals surface area contributed by atoms with Crippen molar-refractivity contribution in [3.05, 3.63) is 5.82 Å². The van der Waals surface area contributed by atoms with Crippen molar-refractivity contribution in [3.63, 3.8) is 0 Å². The van der Waals surface area contributed by atoms with E-state index in [-0.39, 0.29) is 24.0 Å². The lowest BCUT2D eigenvalue weighted by atomic mass is 10.1. The number of aliphatic carboxylic acids is 1. The Morgan fingerprint density at radius 3 is 2.89 bits per heavy atom. The number of sulfone groups is 1. The molecule has 2 atom stereocenters. The lowest BCUT2D eigenvalue weighted by Crippen LogP contribution is -2.20. The molecule has 8 nitrogen and oxygen atoms in total. The maximum Gasteiger partial charge on any atom is 0.308 e. The molecule has 1 saturated heterocycles. The molecular weight excluding hydrogens is 260 g/mol. The van der Waals surface area contributed by atoms with Gasteiger partial charge in [-0.3, -0.25) is 4.79 Å². The van der Waals surface area contributed by atoms with Crippen molar-refractivity contribution < 1.29 is 18.3 Å². The second-order valence-electron chi connectivity index (χ2n) is 4.56. The van der Waals surface area contributed by atoms with Gasteiger partial charge in [0.25, 0.3) is 0 Å². The summed E-state index contributed by atoms with van der Waals surface area (Å²) < 4.78 is 24.2. The van der Waals surface area contributed by atoms with Gasteiger partial charge < -0.3 is 5.11 Å². The van der Waals surface area contributed by atoms with Gasteiger partial charge in [-0.15, -0.1) is 5.10 Å². The van der Waals surface area contributed by atoms with Crippen LogP contribution in [0.1, 0.15) is 25.1 Å². The van der Waals surface area contributed by atoms with E-state index in [2.05, 4.69) is 15.5 Å². The minimum Gasteiger partial charge on any atom is -0.481 e. The third-order valence-corrected chi connectivity index (χ3v) is 4.79. The molecule has 100 valence electrons. The van der Waals surface area contributed by atoms with Crippen LogP contribution in [0.3, 0.4) is 0 Å². The normalized spacial score (nSPS) is 23.9. The molecule has 0 aliphatic carbocycles. The van der Waals surface area contributed by atoms with Gasteiger partial charge in [-0.1, -0.05) is 6.92 Å². The van der Waals surface area contributed by atoms with Gasteiger partial charge in [0.1, 0.15) is 0 Å². The molecule has 1 aliphatic heterocycles. The van der Waals surface area contributed by atoms with Gasteiger partial charge in [0, 0.05) is 5.92 Å². The van der Waals surface area contributed by atoms with Crippen molar-refractivity contribution in [2.24, 2.45) is 5.92 Å². The van der Waals surface area contributed by atoms with Gasteiger partial charge in [-0.25, -0.2) is 13.1 Å². The molecule has 1 aromatic heterocycles. The van der Waals surface area contributed by atoms with E-state index in [9.17, 15) is 13.2 Å². The zero-order valence-electron chi connectivity index (χ0n) is 9.85. The summed E-state index contributed by atoms with van der Waals surface area (Å²) in [5, 5.41) is 19.9. The molecule has 0 amide bonds. The van der Waals surface area contributed by atoms with E-state index in [4.69, 9.17) is 5.11 Å². The summed E-state index contributed by atoms with van der Waals surface area (Å²) >= 11 is 0. The van der Waals surface area contributed by atoms with Gasteiger partial charge in [-0.2, -0.15) is 0 Å². The first-order valence-electron chi connectivity index (χ1n) is 5.58. The summed E-state index contributed by atoms with van der Waals surface area (Å²) in [6, 6.07) is 0. The largest absolute Gasteiger partial charge is 0.481 e. The molecule has 1 fully saturated rings. The Kier molecular flexibility index (Phi) is 3.33. The summed E-state index contributed by atoms with van der Waals surface area (Å²) in [7, 11) is -3.01. The van der Waals surface area contributed by atoms with E-state index in [1.165, 1.54) is 4.68 Å². The molecule has 2 unspecified atom stereocenters. The van der Waals surface area contributed by atoms with Crippen LogP contribution in [0.25, 0.3) is 0 Å². The van der Waals surface area contributed by atoms with E-state index in [1.807, 2.05) is 0 Å². The number of tetrazole rings is 1. The summed E-state index contributed by atoms with van der Waals surface area (Å²) in [6.07, 6.45) is 0.490. The quantitative estimate of drug-likeness (QED) is 0.771. The second kappa shape index (κ2) is 4.63. The highest BCUT2D eigenvalue weighted by Gasteiger charge is 2.33. The van der Waals surface area contributed by atoms with Crippen LogP contribution in [0, 0.1) is 5.92 Å². The molecule has 2 rings (SSSR count). The number of carboxylic acid groups (broad SMARTS) is 1. The van der Waals surface area contributed by atoms with Gasteiger partial charge >= 0.3 is 5.97 Å². The third-order valence-electron chi connectivity index (χ3n) is 3.03. The lowest BCUT2D eigenvalue weighted by molar-refractivity contribution is -0.141. The number of carbonyl (C=O) groups is 1. The summed E-state index contributed by atoms with van der Waals surface area (Å²) in [5.41, 5.74) is 0. The minimum atomic E-state index is -3.01. The van der Waals surface area contributed by atoms with E-state index in [1.54, 1.807) is 6.92 Å². The highest BCUT2D eigenvalue weighted by Crippen LogP contribution is 2.27. The Labute approximate surface area is 104 Å². The standard InChI is InChI=1S/C9H14N4O4S/c1-6(9(14)15)4-13-8(10-11-12-13)7-2-3-18(16,17)5-7/h6-7H,2-5H2,1H3,(H,14,15). The van der Waals surface area contributed by atoms with Crippen LogP contribution in [0.2, 0.25) is 0 Å². The first kappa shape index (κ1) is 12.9. The van der Waals surface area contributed by atoms with Crippen molar-refractivity contribution in [2.45, 2.75) is 25.8 Å². The Morgan fingerprint density at radius 1 is 1.61 bits per heavy atom. The number of carboxylic acids is 1. The topological polar surface area (TPSA) is 115 Å². The zero-order valence-corrected chi connectivity index (χ0v) is 10.7. The fraction of sp³-hybridized carbons (Fsp3) is 0.778. The number of nitrogens with zero attached hydrogens (tertiary/aromatic N) is 4. The zero-order chi connectivity index (χ0) is 13.3. The highest BCUT2D eigenvalue weighted by molar-refractivity contribution is 7.91. The maximum absolute atomic E-state index is 11.4. The first-order valence-corrected chi connectivity index (χ1v) is 7.40. The average molecular weight is 274 g/mol. The van der Waals surface area contributed by atoms with Crippen LogP contribution in [0.5, 0.6) is 0 Å². The number of rotatable bonds is 4. The van der Waals surface area contributed by atoms with Gasteiger partial charge in [0.2, 0.25) is 0 Å². The summed E-state index contributed by atoms with van der Waals surface area (Å²) in [5.74, 6) is -1.15. The molecule has 0 bridgehead atoms. The number of hydrogen-bond donors (Lipinski definition) is 1. The van der Waals surface area contributed by atoms with Crippen LogP contribution in [0.4, 0.5) is 0 Å². The van der Waals surface area contributed by atoms with E-state index < -0.39 is 21.7 Å². The summed E-state index contributed by atoms with van der Waals surface area (Å²) in [4.78, 5) is 10.8. The third kappa shape index (κ3) is 2.66. The van der Waals surface area contributed by atoms with Gasteiger partial charge in [-0.05, 0) is 16.8 Å². The van der Waals surface area contributed by atoms with Crippen LogP contribution in [-0.2, 0) is 21.2 Å². The van der Waals surface area contributed by atoms with E-state index in [0.717, 1.165) is 0 Å². The Morgan fingerprint density at radius 2 is 2.33 bits per heavy atom. The molecule has 1 N–H and O–H groups in total. The predicted octanol–water partition coefficient (Wildman–Crippen LogP) is -0.704. The fourth-order valence-corrected chi connectivity index (χ4v) is 3.71. The fourth-order valence-electron chi connectivity index (χ4n) is 1.97. The van der Waals surface area contributed by atoms with Crippen molar-refractivity contribution in [1.82, 2.24) is 20.2 Å². The molecule has 0 spiro atoms. The summed E-state index contributed by atoms with van der Waals surface area (Å²) in [6.45, 7) is 1.70. The second-order valence-corrected chi connectivity index (χ2v) is 6.79. The van der Waals surface area contributed by atoms with Crippen molar-refractivity contribution >= 4 is 15.8 Å². The van der Waals surface area contributed by atoms with E-state index >= 15 is 0 Å². The number of aromatic nitrogens is 4. The van der Waals surface area contributed by atoms with Gasteiger partial charge in [0.05, 0.1) is 24.0 Å². The molecule has 0 aromatic carbocycles. The Balaban J connectivity index is 2.16. The molecule has 1 aromatic rings. The van der Waals surface area contributed by atoms with Crippen molar-refractivity contribution in [1.29, 1.82) is 0 Å². The number of hydrogen-bond acceptors (Lipinski definition) is 6. The molecule has 9 heteroatoms. The smallest absolute Gasteiger partial charge is 0.308 e. The Bertz CT molecular complexity index is 553. The molecule has 0 radical (unpaired) electrons. The van der Waals surface area contributed by atoms with Crippen LogP contribution in [0.15, 0.2) is 0 Å². The average Bonchev–Trinajstić information content (AvgIpc) is 2.84. The van der Waals surface area contributed by atoms with E-state index in [0.29, 0.717) is 12.2 Å². The maximum atomic E-state index is 11.4. The lowest BCUT2D eigenvalue weighted by Gasteiger charge is -2.10. The monoisotopic (exact) mass is 274 g/mol. The Hall–Kier alpha value is -1.51.